The molecule has 0 aromatic heterocycles. The third-order valence-electron chi connectivity index (χ3n) is 2.81. The van der Waals surface area contributed by atoms with Gasteiger partial charge in [-0.25, -0.2) is 0 Å². The van der Waals surface area contributed by atoms with Crippen molar-refractivity contribution in [3.8, 4) is 5.75 Å². The van der Waals surface area contributed by atoms with Gasteiger partial charge in [-0.1, -0.05) is 15.9 Å². The Morgan fingerprint density at radius 1 is 1.50 bits per heavy atom. The number of amides is 1. The minimum atomic E-state index is 0.00571. The van der Waals surface area contributed by atoms with Gasteiger partial charge in [0.15, 0.2) is 0 Å². The Kier molecular flexibility index (Phi) is 4.60. The number of carbonyl (C=O) groups excluding carboxylic acids is 1. The third-order valence-corrected chi connectivity index (χ3v) is 3.30. The van der Waals surface area contributed by atoms with Gasteiger partial charge in [0.2, 0.25) is 5.91 Å². The average molecular weight is 313 g/mol. The predicted octanol–water partition coefficient (Wildman–Crippen LogP) is 1.48. The van der Waals surface area contributed by atoms with E-state index in [2.05, 4.69) is 32.6 Å². The van der Waals surface area contributed by atoms with Crippen LogP contribution in [0.25, 0.3) is 0 Å². The largest absolute Gasteiger partial charge is 0.488 e. The number of rotatable bonds is 5. The molecule has 18 heavy (non-hydrogen) atoms. The van der Waals surface area contributed by atoms with Crippen molar-refractivity contribution in [1.29, 1.82) is 0 Å². The van der Waals surface area contributed by atoms with Gasteiger partial charge < -0.3 is 15.4 Å². The first kappa shape index (κ1) is 13.4. The lowest BCUT2D eigenvalue weighted by Gasteiger charge is -2.11. The Labute approximate surface area is 115 Å². The Morgan fingerprint density at radius 2 is 2.33 bits per heavy atom. The zero-order valence-corrected chi connectivity index (χ0v) is 11.9. The Balaban J connectivity index is 1.70. The molecule has 0 aliphatic carbocycles. The number of nitrogens with one attached hydrogen (secondary N) is 2. The van der Waals surface area contributed by atoms with E-state index in [4.69, 9.17) is 4.74 Å². The average Bonchev–Trinajstić information content (AvgIpc) is 2.70. The number of benzene rings is 1. The normalized spacial score (nSPS) is 17.1. The molecule has 5 heteroatoms. The van der Waals surface area contributed by atoms with Crippen LogP contribution in [0.3, 0.4) is 0 Å². The summed E-state index contributed by atoms with van der Waals surface area (Å²) >= 11 is 3.46. The van der Waals surface area contributed by atoms with E-state index in [0.717, 1.165) is 29.7 Å². The van der Waals surface area contributed by atoms with Crippen LogP contribution in [0.15, 0.2) is 22.7 Å². The molecule has 0 bridgehead atoms. The van der Waals surface area contributed by atoms with Crippen LogP contribution in [0.1, 0.15) is 12.5 Å². The molecule has 0 fully saturated rings. The summed E-state index contributed by atoms with van der Waals surface area (Å²) in [6, 6.07) is 6.09. The maximum Gasteiger partial charge on any atom is 0.216 e. The first-order valence-corrected chi connectivity index (χ1v) is 6.84. The standard InChI is InChI=1S/C13H17BrN2O2/c1-9(17)16-5-4-15-8-12-7-10-6-11(14)2-3-13(10)18-12/h2-3,6,12,15H,4-5,7-8H2,1H3,(H,16,17). The fourth-order valence-corrected chi connectivity index (χ4v) is 2.40. The molecule has 0 spiro atoms. The van der Waals surface area contributed by atoms with E-state index >= 15 is 0 Å². The smallest absolute Gasteiger partial charge is 0.216 e. The van der Waals surface area contributed by atoms with Crippen LogP contribution < -0.4 is 15.4 Å². The molecule has 1 aliphatic heterocycles. The van der Waals surface area contributed by atoms with Crippen LogP contribution in [0, 0.1) is 0 Å². The van der Waals surface area contributed by atoms with Crippen molar-refractivity contribution in [2.75, 3.05) is 19.6 Å². The SMILES string of the molecule is CC(=O)NCCNCC1Cc2cc(Br)ccc2O1. The summed E-state index contributed by atoms with van der Waals surface area (Å²) < 4.78 is 6.91. The zero-order valence-electron chi connectivity index (χ0n) is 10.3. The highest BCUT2D eigenvalue weighted by molar-refractivity contribution is 9.10. The molecule has 4 nitrogen and oxygen atoms in total. The summed E-state index contributed by atoms with van der Waals surface area (Å²) in [4.78, 5) is 10.7. The van der Waals surface area contributed by atoms with Crippen molar-refractivity contribution >= 4 is 21.8 Å². The van der Waals surface area contributed by atoms with E-state index in [-0.39, 0.29) is 12.0 Å². The predicted molar refractivity (Wildman–Crippen MR) is 73.8 cm³/mol. The fraction of sp³-hybridized carbons (Fsp3) is 0.462. The molecular weight excluding hydrogens is 296 g/mol. The second-order valence-corrected chi connectivity index (χ2v) is 5.30. The van der Waals surface area contributed by atoms with Gasteiger partial charge in [-0.05, 0) is 23.8 Å². The molecule has 1 aromatic rings. The van der Waals surface area contributed by atoms with Crippen molar-refractivity contribution in [2.24, 2.45) is 0 Å². The van der Waals surface area contributed by atoms with Crippen LogP contribution in [0.2, 0.25) is 0 Å². The highest BCUT2D eigenvalue weighted by atomic mass is 79.9. The van der Waals surface area contributed by atoms with Gasteiger partial charge in [0.25, 0.3) is 0 Å². The number of hydrogen-bond donors (Lipinski definition) is 2. The Hall–Kier alpha value is -1.07. The number of fused-ring (bicyclic) bond motifs is 1. The fourth-order valence-electron chi connectivity index (χ4n) is 1.99. The van der Waals surface area contributed by atoms with E-state index in [1.165, 1.54) is 12.5 Å². The van der Waals surface area contributed by atoms with Crippen LogP contribution in [-0.4, -0.2) is 31.6 Å². The maximum absolute atomic E-state index is 10.7. The molecule has 1 aliphatic rings. The molecule has 1 unspecified atom stereocenters. The molecule has 0 saturated heterocycles. The van der Waals surface area contributed by atoms with E-state index in [9.17, 15) is 4.79 Å². The maximum atomic E-state index is 10.7. The van der Waals surface area contributed by atoms with Gasteiger partial charge >= 0.3 is 0 Å². The molecule has 1 atom stereocenters. The molecule has 0 radical (unpaired) electrons. The van der Waals surface area contributed by atoms with Gasteiger partial charge in [-0.2, -0.15) is 0 Å². The summed E-state index contributed by atoms with van der Waals surface area (Å²) in [6.07, 6.45) is 1.12. The monoisotopic (exact) mass is 312 g/mol. The van der Waals surface area contributed by atoms with Crippen molar-refractivity contribution < 1.29 is 9.53 Å². The van der Waals surface area contributed by atoms with Gasteiger partial charge in [0.05, 0.1) is 0 Å². The molecule has 1 aromatic carbocycles. The molecule has 98 valence electrons. The van der Waals surface area contributed by atoms with E-state index in [1.807, 2.05) is 12.1 Å². The topological polar surface area (TPSA) is 50.4 Å². The van der Waals surface area contributed by atoms with Gasteiger partial charge in [-0.3, -0.25) is 4.79 Å². The number of hydrogen-bond acceptors (Lipinski definition) is 3. The number of halogens is 1. The minimum absolute atomic E-state index is 0.00571. The van der Waals surface area contributed by atoms with Crippen LogP contribution in [-0.2, 0) is 11.2 Å². The lowest BCUT2D eigenvalue weighted by molar-refractivity contribution is -0.118. The van der Waals surface area contributed by atoms with Crippen molar-refractivity contribution in [3.63, 3.8) is 0 Å². The molecule has 2 N–H and O–H groups in total. The Morgan fingerprint density at radius 3 is 3.11 bits per heavy atom. The van der Waals surface area contributed by atoms with E-state index in [0.29, 0.717) is 6.54 Å². The van der Waals surface area contributed by atoms with Crippen molar-refractivity contribution in [3.05, 3.63) is 28.2 Å². The quantitative estimate of drug-likeness (QED) is 0.810. The number of carbonyl (C=O) groups is 1. The van der Waals surface area contributed by atoms with E-state index < -0.39 is 0 Å². The first-order valence-electron chi connectivity index (χ1n) is 6.05. The second kappa shape index (κ2) is 6.20. The lowest BCUT2D eigenvalue weighted by atomic mass is 10.1. The van der Waals surface area contributed by atoms with E-state index in [1.54, 1.807) is 0 Å². The van der Waals surface area contributed by atoms with Crippen LogP contribution in [0.5, 0.6) is 5.75 Å². The summed E-state index contributed by atoms with van der Waals surface area (Å²) in [5.74, 6) is 0.984. The van der Waals surface area contributed by atoms with Crippen molar-refractivity contribution in [1.82, 2.24) is 10.6 Å². The first-order chi connectivity index (χ1) is 8.65. The van der Waals surface area contributed by atoms with Gasteiger partial charge in [0, 0.05) is 37.5 Å². The zero-order chi connectivity index (χ0) is 13.0. The minimum Gasteiger partial charge on any atom is -0.488 e. The molecular formula is C13H17BrN2O2. The molecule has 2 rings (SSSR count). The van der Waals surface area contributed by atoms with Crippen LogP contribution >= 0.6 is 15.9 Å². The summed E-state index contributed by atoms with van der Waals surface area (Å²) in [5.41, 5.74) is 1.25. The summed E-state index contributed by atoms with van der Waals surface area (Å²) in [5, 5.41) is 6.03. The van der Waals surface area contributed by atoms with Crippen LogP contribution in [0.4, 0.5) is 0 Å². The summed E-state index contributed by atoms with van der Waals surface area (Å²) in [7, 11) is 0. The Bertz CT molecular complexity index is 437. The van der Waals surface area contributed by atoms with Gasteiger partial charge in [-0.15, -0.1) is 0 Å². The van der Waals surface area contributed by atoms with Crippen molar-refractivity contribution in [2.45, 2.75) is 19.4 Å². The van der Waals surface area contributed by atoms with Gasteiger partial charge in [0.1, 0.15) is 11.9 Å². The number of ether oxygens (including phenoxy) is 1. The molecule has 1 amide bonds. The highest BCUT2D eigenvalue weighted by Gasteiger charge is 2.22. The second-order valence-electron chi connectivity index (χ2n) is 4.38. The summed E-state index contributed by atoms with van der Waals surface area (Å²) in [6.45, 7) is 3.74. The molecule has 0 saturated carbocycles. The lowest BCUT2D eigenvalue weighted by Crippen LogP contribution is -2.35. The third kappa shape index (κ3) is 3.71. The highest BCUT2D eigenvalue weighted by Crippen LogP contribution is 2.30. The molecule has 1 heterocycles.